The predicted octanol–water partition coefficient (Wildman–Crippen LogP) is -0.216. The minimum Gasteiger partial charge on any atom is -0.467 e. The van der Waals surface area contributed by atoms with Crippen molar-refractivity contribution >= 4 is 16.1 Å². The second-order valence-electron chi connectivity index (χ2n) is 5.64. The van der Waals surface area contributed by atoms with Gasteiger partial charge in [-0.15, -0.1) is 0 Å². The molecule has 1 aromatic heterocycles. The summed E-state index contributed by atoms with van der Waals surface area (Å²) in [4.78, 5) is 12.0. The lowest BCUT2D eigenvalue weighted by Crippen LogP contribution is -2.71. The fourth-order valence-electron chi connectivity index (χ4n) is 3.07. The van der Waals surface area contributed by atoms with Crippen molar-refractivity contribution in [2.45, 2.75) is 31.2 Å². The Morgan fingerprint density at radius 2 is 2.23 bits per heavy atom. The van der Waals surface area contributed by atoms with Crippen molar-refractivity contribution in [2.24, 2.45) is 5.92 Å². The molecule has 2 heterocycles. The number of hydrogen-bond donors (Lipinski definition) is 3. The molecule has 9 heteroatoms. The van der Waals surface area contributed by atoms with Crippen LogP contribution in [0.3, 0.4) is 0 Å². The largest absolute Gasteiger partial charge is 0.467 e. The highest BCUT2D eigenvalue weighted by atomic mass is 32.2. The molecule has 3 rings (SSSR count). The number of sulfonamides is 1. The summed E-state index contributed by atoms with van der Waals surface area (Å²) in [5.74, 6) is 0.797. The summed E-state index contributed by atoms with van der Waals surface area (Å²) in [6.07, 6.45) is 3.29. The highest BCUT2D eigenvalue weighted by Crippen LogP contribution is 2.39. The van der Waals surface area contributed by atoms with Gasteiger partial charge in [-0.3, -0.25) is 0 Å². The summed E-state index contributed by atoms with van der Waals surface area (Å²) in [5, 5.41) is 5.51. The lowest BCUT2D eigenvalue weighted by Gasteiger charge is -2.47. The molecule has 8 nitrogen and oxygen atoms in total. The molecule has 0 unspecified atom stereocenters. The molecule has 1 aliphatic heterocycles. The Balaban J connectivity index is 1.56. The number of rotatable bonds is 5. The molecule has 3 N–H and O–H groups in total. The Kier molecular flexibility index (Phi) is 4.11. The van der Waals surface area contributed by atoms with Crippen molar-refractivity contribution in [2.75, 3.05) is 12.9 Å². The fourth-order valence-corrected chi connectivity index (χ4v) is 3.85. The lowest BCUT2D eigenvalue weighted by atomic mass is 9.72. The van der Waals surface area contributed by atoms with Crippen LogP contribution in [-0.4, -0.2) is 45.5 Å². The second kappa shape index (κ2) is 5.90. The highest BCUT2D eigenvalue weighted by Gasteiger charge is 2.55. The van der Waals surface area contributed by atoms with E-state index in [1.165, 1.54) is 6.26 Å². The molecule has 0 spiro atoms. The SMILES string of the molecule is CS(=O)(=O)N[C@@H]1[C@@H](NC(=O)NCc2ccco2)[C@H]2CCO[C@H]21. The van der Waals surface area contributed by atoms with E-state index in [0.29, 0.717) is 12.4 Å². The molecule has 22 heavy (non-hydrogen) atoms. The third-order valence-corrected chi connectivity index (χ3v) is 4.74. The van der Waals surface area contributed by atoms with Crippen LogP contribution in [0.5, 0.6) is 0 Å². The molecule has 2 amide bonds. The molecule has 0 bridgehead atoms. The van der Waals surface area contributed by atoms with Crippen molar-refractivity contribution in [3.63, 3.8) is 0 Å². The normalized spacial score (nSPS) is 30.4. The van der Waals surface area contributed by atoms with E-state index in [1.54, 1.807) is 12.1 Å². The van der Waals surface area contributed by atoms with Crippen LogP contribution < -0.4 is 15.4 Å². The minimum atomic E-state index is -3.36. The van der Waals surface area contributed by atoms with Crippen LogP contribution in [0.2, 0.25) is 0 Å². The molecule has 1 saturated heterocycles. The summed E-state index contributed by atoms with van der Waals surface area (Å²) in [7, 11) is -3.36. The van der Waals surface area contributed by atoms with E-state index < -0.39 is 16.1 Å². The van der Waals surface area contributed by atoms with Crippen molar-refractivity contribution in [3.05, 3.63) is 24.2 Å². The molecule has 0 radical (unpaired) electrons. The van der Waals surface area contributed by atoms with E-state index in [-0.39, 0.29) is 30.6 Å². The Morgan fingerprint density at radius 3 is 2.91 bits per heavy atom. The third kappa shape index (κ3) is 3.26. The summed E-state index contributed by atoms with van der Waals surface area (Å²) < 4.78 is 36.1. The van der Waals surface area contributed by atoms with Crippen LogP contribution in [0.4, 0.5) is 4.79 Å². The van der Waals surface area contributed by atoms with Gasteiger partial charge in [-0.25, -0.2) is 17.9 Å². The monoisotopic (exact) mass is 329 g/mol. The average molecular weight is 329 g/mol. The molecular formula is C13H19N3O5S. The van der Waals surface area contributed by atoms with Gasteiger partial charge in [0, 0.05) is 12.5 Å². The number of amides is 2. The van der Waals surface area contributed by atoms with Gasteiger partial charge in [0.25, 0.3) is 0 Å². The van der Waals surface area contributed by atoms with Crippen LogP contribution in [0.15, 0.2) is 22.8 Å². The standard InChI is InChI=1S/C13H19N3O5S/c1-22(18,19)16-11-10(9-4-6-21-12(9)11)15-13(17)14-7-8-3-2-5-20-8/h2-3,5,9-12,16H,4,6-7H2,1H3,(H2,14,15,17)/t9-,10+,11-,12-/m1/s1. The maximum Gasteiger partial charge on any atom is 0.315 e. The molecule has 1 aliphatic carbocycles. The minimum absolute atomic E-state index is 0.147. The number of fused-ring (bicyclic) bond motifs is 1. The summed E-state index contributed by atoms with van der Waals surface area (Å²) >= 11 is 0. The van der Waals surface area contributed by atoms with Gasteiger partial charge in [-0.2, -0.15) is 0 Å². The first-order valence-corrected chi connectivity index (χ1v) is 8.99. The fraction of sp³-hybridized carbons (Fsp3) is 0.615. The van der Waals surface area contributed by atoms with Gasteiger partial charge < -0.3 is 19.8 Å². The Morgan fingerprint density at radius 1 is 1.41 bits per heavy atom. The molecule has 4 atom stereocenters. The zero-order valence-electron chi connectivity index (χ0n) is 12.1. The number of urea groups is 1. The first kappa shape index (κ1) is 15.3. The molecule has 0 aromatic carbocycles. The van der Waals surface area contributed by atoms with E-state index in [0.717, 1.165) is 12.7 Å². The number of ether oxygens (including phenoxy) is 1. The van der Waals surface area contributed by atoms with E-state index >= 15 is 0 Å². The maximum absolute atomic E-state index is 12.0. The Bertz CT molecular complexity index is 630. The first-order chi connectivity index (χ1) is 10.4. The van der Waals surface area contributed by atoms with Gasteiger partial charge in [0.1, 0.15) is 5.76 Å². The summed E-state index contributed by atoms with van der Waals surface area (Å²) in [6.45, 7) is 0.865. The molecule has 122 valence electrons. The maximum atomic E-state index is 12.0. The second-order valence-corrected chi connectivity index (χ2v) is 7.42. The molecule has 1 aromatic rings. The molecule has 2 fully saturated rings. The van der Waals surface area contributed by atoms with Crippen LogP contribution in [0, 0.1) is 5.92 Å². The van der Waals surface area contributed by atoms with Crippen molar-refractivity contribution in [3.8, 4) is 0 Å². The van der Waals surface area contributed by atoms with Gasteiger partial charge in [0.2, 0.25) is 10.0 Å². The lowest BCUT2D eigenvalue weighted by molar-refractivity contribution is -0.0175. The van der Waals surface area contributed by atoms with Gasteiger partial charge in [0.15, 0.2) is 0 Å². The van der Waals surface area contributed by atoms with Crippen LogP contribution in [-0.2, 0) is 21.3 Å². The summed E-state index contributed by atoms with van der Waals surface area (Å²) in [6, 6.07) is 2.47. The van der Waals surface area contributed by atoms with Crippen molar-refractivity contribution < 1.29 is 22.4 Å². The molecular weight excluding hydrogens is 310 g/mol. The number of carbonyl (C=O) groups is 1. The van der Waals surface area contributed by atoms with Crippen LogP contribution in [0.1, 0.15) is 12.2 Å². The average Bonchev–Trinajstić information content (AvgIpc) is 3.09. The Labute approximate surface area is 128 Å². The number of hydrogen-bond acceptors (Lipinski definition) is 5. The van der Waals surface area contributed by atoms with Gasteiger partial charge in [-0.05, 0) is 18.6 Å². The third-order valence-electron chi connectivity index (χ3n) is 4.04. The predicted molar refractivity (Wildman–Crippen MR) is 77.5 cm³/mol. The number of furan rings is 1. The van der Waals surface area contributed by atoms with Gasteiger partial charge >= 0.3 is 6.03 Å². The molecule has 2 aliphatic rings. The molecule has 1 saturated carbocycles. The van der Waals surface area contributed by atoms with Crippen LogP contribution >= 0.6 is 0 Å². The van der Waals surface area contributed by atoms with E-state index in [1.807, 2.05) is 0 Å². The zero-order chi connectivity index (χ0) is 15.7. The van der Waals surface area contributed by atoms with Crippen LogP contribution in [0.25, 0.3) is 0 Å². The quantitative estimate of drug-likeness (QED) is 0.692. The van der Waals surface area contributed by atoms with Crippen molar-refractivity contribution in [1.82, 2.24) is 15.4 Å². The topological polar surface area (TPSA) is 110 Å². The number of carbonyl (C=O) groups excluding carboxylic acids is 1. The first-order valence-electron chi connectivity index (χ1n) is 7.10. The Hall–Kier alpha value is -1.58. The van der Waals surface area contributed by atoms with Crippen molar-refractivity contribution in [1.29, 1.82) is 0 Å². The van der Waals surface area contributed by atoms with Gasteiger partial charge in [-0.1, -0.05) is 0 Å². The zero-order valence-corrected chi connectivity index (χ0v) is 12.9. The van der Waals surface area contributed by atoms with E-state index in [2.05, 4.69) is 15.4 Å². The summed E-state index contributed by atoms with van der Waals surface area (Å²) in [5.41, 5.74) is 0. The highest BCUT2D eigenvalue weighted by molar-refractivity contribution is 7.88. The number of nitrogens with one attached hydrogen (secondary N) is 3. The smallest absolute Gasteiger partial charge is 0.315 e. The van der Waals surface area contributed by atoms with E-state index in [4.69, 9.17) is 9.15 Å². The van der Waals surface area contributed by atoms with Gasteiger partial charge in [0.05, 0.1) is 37.3 Å². The van der Waals surface area contributed by atoms with E-state index in [9.17, 15) is 13.2 Å².